The Morgan fingerprint density at radius 1 is 1.16 bits per heavy atom. The van der Waals surface area contributed by atoms with Crippen LogP contribution in [0, 0.1) is 0 Å². The molecule has 6 rings (SSSR count). The second-order valence-corrected chi connectivity index (χ2v) is 12.2. The molecule has 220 valence electrons. The lowest BCUT2D eigenvalue weighted by molar-refractivity contribution is -0.127. The van der Waals surface area contributed by atoms with Crippen LogP contribution in [0.1, 0.15) is 45.2 Å². The van der Waals surface area contributed by atoms with E-state index in [0.717, 1.165) is 6.42 Å². The molecule has 1 aliphatic heterocycles. The van der Waals surface area contributed by atoms with Crippen molar-refractivity contribution in [2.75, 3.05) is 18.8 Å². The lowest BCUT2D eigenvalue weighted by Gasteiger charge is -2.37. The quantitative estimate of drug-likeness (QED) is 0.182. The number of carbonyl (C=O) groups excluding carboxylic acids is 3. The van der Waals surface area contributed by atoms with Crippen molar-refractivity contribution in [3.05, 3.63) is 99.9 Å². The average Bonchev–Trinajstić information content (AvgIpc) is 3.43. The highest BCUT2D eigenvalue weighted by molar-refractivity contribution is 7.21. The SMILES string of the molecule is C=CC(=O)N1CCCC(NC(=O)c2sc3c(N)ccc4c3c2C(N)C(=O)C4(N)c2ccc(Oc3ccccc3)c(Cl)c2)C1. The molecule has 4 aromatic rings. The first-order chi connectivity index (χ1) is 20.6. The molecule has 1 aliphatic carbocycles. The number of amides is 2. The summed E-state index contributed by atoms with van der Waals surface area (Å²) in [6, 6.07) is 16.1. The van der Waals surface area contributed by atoms with Gasteiger partial charge in [-0.25, -0.2) is 0 Å². The molecule has 9 nitrogen and oxygen atoms in total. The van der Waals surface area contributed by atoms with Crippen molar-refractivity contribution >= 4 is 56.3 Å². The summed E-state index contributed by atoms with van der Waals surface area (Å²) in [4.78, 5) is 41.9. The van der Waals surface area contributed by atoms with Crippen LogP contribution in [-0.2, 0) is 15.1 Å². The fraction of sp³-hybridized carbons (Fsp3) is 0.219. The van der Waals surface area contributed by atoms with Crippen LogP contribution in [0.4, 0.5) is 5.69 Å². The zero-order valence-electron chi connectivity index (χ0n) is 23.1. The molecule has 3 atom stereocenters. The molecule has 1 aromatic heterocycles. The van der Waals surface area contributed by atoms with Crippen LogP contribution in [-0.4, -0.2) is 41.6 Å². The molecule has 3 unspecified atom stereocenters. The first kappa shape index (κ1) is 28.9. The third-order valence-electron chi connectivity index (χ3n) is 8.12. The molecule has 1 fully saturated rings. The first-order valence-corrected chi connectivity index (χ1v) is 15.0. The summed E-state index contributed by atoms with van der Waals surface area (Å²) in [6.07, 6.45) is 2.72. The van der Waals surface area contributed by atoms with Gasteiger partial charge in [0.1, 0.15) is 17.0 Å². The molecule has 2 aliphatic rings. The first-order valence-electron chi connectivity index (χ1n) is 13.8. The van der Waals surface area contributed by atoms with Crippen molar-refractivity contribution in [3.63, 3.8) is 0 Å². The second kappa shape index (κ2) is 11.1. The summed E-state index contributed by atoms with van der Waals surface area (Å²) in [5.41, 5.74) is 20.1. The van der Waals surface area contributed by atoms with E-state index < -0.39 is 17.4 Å². The van der Waals surface area contributed by atoms with Gasteiger partial charge < -0.3 is 32.2 Å². The van der Waals surface area contributed by atoms with Crippen molar-refractivity contribution in [2.45, 2.75) is 30.5 Å². The van der Waals surface area contributed by atoms with Crippen molar-refractivity contribution in [1.82, 2.24) is 10.2 Å². The molecule has 7 N–H and O–H groups in total. The van der Waals surface area contributed by atoms with E-state index in [2.05, 4.69) is 11.9 Å². The fourth-order valence-electron chi connectivity index (χ4n) is 5.97. The third-order valence-corrected chi connectivity index (χ3v) is 9.67. The second-order valence-electron chi connectivity index (χ2n) is 10.8. The number of hydrogen-bond donors (Lipinski definition) is 4. The Kier molecular flexibility index (Phi) is 7.47. The minimum atomic E-state index is -1.66. The van der Waals surface area contributed by atoms with Crippen molar-refractivity contribution in [1.29, 1.82) is 0 Å². The number of nitrogen functional groups attached to an aromatic ring is 1. The summed E-state index contributed by atoms with van der Waals surface area (Å²) < 4.78 is 6.53. The lowest BCUT2D eigenvalue weighted by atomic mass is 9.70. The molecule has 3 aromatic carbocycles. The molecule has 2 heterocycles. The maximum atomic E-state index is 14.1. The number of Topliss-reactive ketones (excluding diaryl/α,β-unsaturated/α-hetero) is 1. The number of nitrogens with two attached hydrogens (primary N) is 3. The molecule has 0 radical (unpaired) electrons. The number of nitrogens with one attached hydrogen (secondary N) is 1. The Morgan fingerprint density at radius 3 is 2.65 bits per heavy atom. The molecular weight excluding hydrogens is 586 g/mol. The van der Waals surface area contributed by atoms with Gasteiger partial charge in [0.2, 0.25) is 5.91 Å². The smallest absolute Gasteiger partial charge is 0.262 e. The van der Waals surface area contributed by atoms with E-state index >= 15 is 0 Å². The van der Waals surface area contributed by atoms with E-state index in [9.17, 15) is 14.4 Å². The zero-order chi connectivity index (χ0) is 30.5. The number of ether oxygens (including phenoxy) is 1. The molecule has 43 heavy (non-hydrogen) atoms. The number of para-hydroxylation sites is 1. The third kappa shape index (κ3) is 4.86. The van der Waals surface area contributed by atoms with Gasteiger partial charge in [-0.15, -0.1) is 11.3 Å². The molecular formula is C32H30ClN5O4S. The number of benzene rings is 3. The Bertz CT molecular complexity index is 1790. The van der Waals surface area contributed by atoms with Crippen LogP contribution in [0.3, 0.4) is 0 Å². The van der Waals surface area contributed by atoms with E-state index in [1.54, 1.807) is 47.4 Å². The van der Waals surface area contributed by atoms with Gasteiger partial charge in [-0.1, -0.05) is 48.5 Å². The minimum Gasteiger partial charge on any atom is -0.456 e. The summed E-state index contributed by atoms with van der Waals surface area (Å²) in [6.45, 7) is 4.53. The summed E-state index contributed by atoms with van der Waals surface area (Å²) >= 11 is 7.80. The number of hydrogen-bond acceptors (Lipinski definition) is 8. The maximum absolute atomic E-state index is 14.1. The van der Waals surface area contributed by atoms with Gasteiger partial charge in [0.15, 0.2) is 5.78 Å². The highest BCUT2D eigenvalue weighted by Gasteiger charge is 2.49. The molecule has 1 saturated heterocycles. The summed E-state index contributed by atoms with van der Waals surface area (Å²) in [7, 11) is 0. The Morgan fingerprint density at radius 2 is 1.93 bits per heavy atom. The van der Waals surface area contributed by atoms with E-state index in [4.69, 9.17) is 33.5 Å². The Labute approximate surface area is 257 Å². The molecule has 0 bridgehead atoms. The molecule has 11 heteroatoms. The van der Waals surface area contributed by atoms with Crippen LogP contribution < -0.4 is 27.3 Å². The van der Waals surface area contributed by atoms with E-state index in [1.165, 1.54) is 17.4 Å². The number of rotatable bonds is 6. The topological polar surface area (TPSA) is 154 Å². The summed E-state index contributed by atoms with van der Waals surface area (Å²) in [5, 5.41) is 3.90. The van der Waals surface area contributed by atoms with E-state index in [0.29, 0.717) is 68.4 Å². The highest BCUT2D eigenvalue weighted by Crippen LogP contribution is 2.50. The standard InChI is InChI=1S/C32H30ClN5O4S/c1-2-24(39)38-14-6-7-18(16-38)37-31(41)29-26-25-20(11-12-22(34)28(25)43-29)32(36,30(40)27(26)35)17-10-13-23(21(33)15-17)42-19-8-4-3-5-9-19/h2-5,8-13,15,18,27H,1,6-7,14,16,34-36H2,(H,37,41). The zero-order valence-corrected chi connectivity index (χ0v) is 24.7. The van der Waals surface area contributed by atoms with Crippen LogP contribution in [0.5, 0.6) is 11.5 Å². The number of likely N-dealkylation sites (tertiary alicyclic amines) is 1. The number of thiophene rings is 1. The fourth-order valence-corrected chi connectivity index (χ4v) is 7.39. The van der Waals surface area contributed by atoms with Gasteiger partial charge in [-0.2, -0.15) is 0 Å². The van der Waals surface area contributed by atoms with Gasteiger partial charge in [0.05, 0.1) is 20.6 Å². The molecule has 2 amide bonds. The van der Waals surface area contributed by atoms with Gasteiger partial charge in [-0.05, 0) is 60.4 Å². The average molecular weight is 616 g/mol. The molecule has 0 spiro atoms. The number of carbonyl (C=O) groups is 3. The predicted octanol–water partition coefficient (Wildman–Crippen LogP) is 4.62. The number of ketones is 1. The van der Waals surface area contributed by atoms with Crippen LogP contribution in [0.25, 0.3) is 10.1 Å². The lowest BCUT2D eigenvalue weighted by Crippen LogP contribution is -2.53. The number of halogens is 1. The van der Waals surface area contributed by atoms with Gasteiger partial charge >= 0.3 is 0 Å². The van der Waals surface area contributed by atoms with E-state index in [-0.39, 0.29) is 22.9 Å². The van der Waals surface area contributed by atoms with Gasteiger partial charge in [-0.3, -0.25) is 14.4 Å². The van der Waals surface area contributed by atoms with Crippen molar-refractivity contribution in [3.8, 4) is 11.5 Å². The summed E-state index contributed by atoms with van der Waals surface area (Å²) in [5.74, 6) is -0.0246. The number of nitrogens with zero attached hydrogens (tertiary/aromatic N) is 1. The Balaban J connectivity index is 1.39. The normalized spacial score (nSPS) is 21.5. The largest absolute Gasteiger partial charge is 0.456 e. The van der Waals surface area contributed by atoms with Crippen LogP contribution in [0.2, 0.25) is 5.02 Å². The molecule has 0 saturated carbocycles. The maximum Gasteiger partial charge on any atom is 0.262 e. The van der Waals surface area contributed by atoms with Gasteiger partial charge in [0.25, 0.3) is 5.91 Å². The monoisotopic (exact) mass is 615 g/mol. The number of piperidine rings is 1. The van der Waals surface area contributed by atoms with Crippen molar-refractivity contribution < 1.29 is 19.1 Å². The van der Waals surface area contributed by atoms with Gasteiger partial charge in [0, 0.05) is 35.8 Å². The highest BCUT2D eigenvalue weighted by atomic mass is 35.5. The van der Waals surface area contributed by atoms with Crippen LogP contribution in [0.15, 0.2) is 73.3 Å². The minimum absolute atomic E-state index is 0.181. The number of anilines is 1. The van der Waals surface area contributed by atoms with Crippen LogP contribution >= 0.6 is 22.9 Å². The van der Waals surface area contributed by atoms with E-state index in [1.807, 2.05) is 18.2 Å². The van der Waals surface area contributed by atoms with Crippen molar-refractivity contribution in [2.24, 2.45) is 11.5 Å². The Hall–Kier alpha value is -4.22. The predicted molar refractivity (Wildman–Crippen MR) is 168 cm³/mol.